The van der Waals surface area contributed by atoms with Crippen LogP contribution in [0.4, 0.5) is 11.5 Å². The van der Waals surface area contributed by atoms with E-state index in [0.717, 1.165) is 18.9 Å². The van der Waals surface area contributed by atoms with Crippen molar-refractivity contribution in [1.82, 2.24) is 19.7 Å². The van der Waals surface area contributed by atoms with E-state index in [0.29, 0.717) is 5.69 Å². The van der Waals surface area contributed by atoms with E-state index in [1.807, 2.05) is 18.2 Å². The molecule has 0 spiro atoms. The van der Waals surface area contributed by atoms with Crippen molar-refractivity contribution < 1.29 is 4.79 Å². The summed E-state index contributed by atoms with van der Waals surface area (Å²) in [4.78, 5) is 22.4. The molecule has 3 heterocycles. The molecule has 1 aliphatic heterocycles. The first-order chi connectivity index (χ1) is 11.2. The van der Waals surface area contributed by atoms with Gasteiger partial charge in [-0.3, -0.25) is 4.79 Å². The van der Waals surface area contributed by atoms with Crippen LogP contribution in [0.25, 0.3) is 0 Å². The highest BCUT2D eigenvalue weighted by Crippen LogP contribution is 2.18. The molecule has 0 aliphatic carbocycles. The number of aromatic nitrogens is 4. The number of piperidine rings is 1. The Morgan fingerprint density at radius 1 is 1.26 bits per heavy atom. The molecule has 0 radical (unpaired) electrons. The van der Waals surface area contributed by atoms with E-state index in [2.05, 4.69) is 25.3 Å². The highest BCUT2D eigenvalue weighted by atomic mass is 16.2. The molecule has 8 heteroatoms. The second kappa shape index (κ2) is 6.87. The standard InChI is InChI=1S/C15H17N7O/c16-8-13-18-11-22(20-13)10-15(23)19-12-4-5-14(17-9-12)21-6-2-1-3-7-21/h4-5,9,11H,1-3,6-7,10H2,(H,19,23). The molecule has 1 fully saturated rings. The number of nitrogens with one attached hydrogen (secondary N) is 1. The van der Waals surface area contributed by atoms with Crippen molar-refractivity contribution in [2.75, 3.05) is 23.3 Å². The molecule has 1 aliphatic rings. The summed E-state index contributed by atoms with van der Waals surface area (Å²) in [6, 6.07) is 5.58. The molecular weight excluding hydrogens is 294 g/mol. The van der Waals surface area contributed by atoms with Crippen molar-refractivity contribution in [3.8, 4) is 6.07 Å². The van der Waals surface area contributed by atoms with Crippen molar-refractivity contribution >= 4 is 17.4 Å². The van der Waals surface area contributed by atoms with E-state index in [1.54, 1.807) is 6.20 Å². The van der Waals surface area contributed by atoms with Crippen molar-refractivity contribution in [2.45, 2.75) is 25.8 Å². The third-order valence-corrected chi connectivity index (χ3v) is 3.65. The van der Waals surface area contributed by atoms with Crippen LogP contribution < -0.4 is 10.2 Å². The maximum Gasteiger partial charge on any atom is 0.252 e. The quantitative estimate of drug-likeness (QED) is 0.910. The van der Waals surface area contributed by atoms with E-state index in [1.165, 1.54) is 30.3 Å². The number of pyridine rings is 1. The van der Waals surface area contributed by atoms with Crippen LogP contribution in [0.2, 0.25) is 0 Å². The summed E-state index contributed by atoms with van der Waals surface area (Å²) in [7, 11) is 0. The van der Waals surface area contributed by atoms with E-state index >= 15 is 0 Å². The lowest BCUT2D eigenvalue weighted by molar-refractivity contribution is -0.116. The highest BCUT2D eigenvalue weighted by molar-refractivity contribution is 5.90. The number of rotatable bonds is 4. The topological polar surface area (TPSA) is 99.7 Å². The van der Waals surface area contributed by atoms with E-state index in [-0.39, 0.29) is 18.3 Å². The first-order valence-corrected chi connectivity index (χ1v) is 7.55. The zero-order valence-electron chi connectivity index (χ0n) is 12.6. The van der Waals surface area contributed by atoms with E-state index in [4.69, 9.17) is 5.26 Å². The van der Waals surface area contributed by atoms with Crippen molar-refractivity contribution in [3.05, 3.63) is 30.5 Å². The fraction of sp³-hybridized carbons (Fsp3) is 0.400. The predicted molar refractivity (Wildman–Crippen MR) is 83.7 cm³/mol. The third kappa shape index (κ3) is 3.83. The summed E-state index contributed by atoms with van der Waals surface area (Å²) in [6.07, 6.45) is 6.69. The van der Waals surface area contributed by atoms with Crippen LogP contribution in [0.5, 0.6) is 0 Å². The van der Waals surface area contributed by atoms with Crippen LogP contribution in [0, 0.1) is 11.3 Å². The minimum Gasteiger partial charge on any atom is -0.357 e. The Morgan fingerprint density at radius 2 is 2.09 bits per heavy atom. The average Bonchev–Trinajstić information content (AvgIpc) is 3.04. The third-order valence-electron chi connectivity index (χ3n) is 3.65. The minimum atomic E-state index is -0.244. The van der Waals surface area contributed by atoms with E-state index in [9.17, 15) is 4.79 Å². The second-order valence-corrected chi connectivity index (χ2v) is 5.38. The number of nitriles is 1. The van der Waals surface area contributed by atoms with Gasteiger partial charge in [-0.25, -0.2) is 14.6 Å². The van der Waals surface area contributed by atoms with Gasteiger partial charge in [-0.15, -0.1) is 5.10 Å². The highest BCUT2D eigenvalue weighted by Gasteiger charge is 2.12. The number of hydrogen-bond donors (Lipinski definition) is 1. The maximum absolute atomic E-state index is 11.9. The first kappa shape index (κ1) is 15.0. The predicted octanol–water partition coefficient (Wildman–Crippen LogP) is 1.17. The molecule has 8 nitrogen and oxygen atoms in total. The zero-order valence-corrected chi connectivity index (χ0v) is 12.6. The number of amides is 1. The number of nitrogens with zero attached hydrogens (tertiary/aromatic N) is 6. The molecule has 1 amide bonds. The number of carbonyl (C=O) groups excluding carboxylic acids is 1. The summed E-state index contributed by atoms with van der Waals surface area (Å²) in [5.41, 5.74) is 0.636. The Kier molecular flexibility index (Phi) is 4.47. The molecular formula is C15H17N7O. The van der Waals surface area contributed by atoms with Crippen LogP contribution in [-0.4, -0.2) is 38.7 Å². The lowest BCUT2D eigenvalue weighted by Crippen LogP contribution is -2.30. The van der Waals surface area contributed by atoms with Gasteiger partial charge >= 0.3 is 0 Å². The van der Waals surface area contributed by atoms with Crippen LogP contribution in [0.1, 0.15) is 25.1 Å². The van der Waals surface area contributed by atoms with Gasteiger partial charge in [0.05, 0.1) is 11.9 Å². The lowest BCUT2D eigenvalue weighted by atomic mass is 10.1. The van der Waals surface area contributed by atoms with Gasteiger partial charge in [-0.2, -0.15) is 5.26 Å². The van der Waals surface area contributed by atoms with E-state index < -0.39 is 0 Å². The van der Waals surface area contributed by atoms with Crippen LogP contribution in [-0.2, 0) is 11.3 Å². The summed E-state index contributed by atoms with van der Waals surface area (Å²) >= 11 is 0. The molecule has 0 unspecified atom stereocenters. The molecule has 23 heavy (non-hydrogen) atoms. The van der Waals surface area contributed by atoms with Crippen LogP contribution in [0.15, 0.2) is 24.7 Å². The molecule has 0 saturated carbocycles. The number of anilines is 2. The van der Waals surface area contributed by atoms with Gasteiger partial charge in [-0.1, -0.05) is 0 Å². The Balaban J connectivity index is 1.57. The molecule has 1 N–H and O–H groups in total. The van der Waals surface area contributed by atoms with Crippen molar-refractivity contribution in [3.63, 3.8) is 0 Å². The van der Waals surface area contributed by atoms with Crippen LogP contribution >= 0.6 is 0 Å². The minimum absolute atomic E-state index is 0.00254. The monoisotopic (exact) mass is 311 g/mol. The smallest absolute Gasteiger partial charge is 0.252 e. The lowest BCUT2D eigenvalue weighted by Gasteiger charge is -2.27. The van der Waals surface area contributed by atoms with Gasteiger partial charge < -0.3 is 10.2 Å². The molecule has 0 bridgehead atoms. The van der Waals surface area contributed by atoms with Crippen LogP contribution in [0.3, 0.4) is 0 Å². The summed E-state index contributed by atoms with van der Waals surface area (Å²) in [5.74, 6) is 0.745. The largest absolute Gasteiger partial charge is 0.357 e. The Morgan fingerprint density at radius 3 is 2.74 bits per heavy atom. The summed E-state index contributed by atoms with van der Waals surface area (Å²) < 4.78 is 1.32. The fourth-order valence-electron chi connectivity index (χ4n) is 2.54. The SMILES string of the molecule is N#Cc1ncn(CC(=O)Nc2ccc(N3CCCCC3)nc2)n1. The van der Waals surface area contributed by atoms with Gasteiger partial charge in [0.1, 0.15) is 24.8 Å². The molecule has 0 aromatic carbocycles. The van der Waals surface area contributed by atoms with Crippen molar-refractivity contribution in [2.24, 2.45) is 0 Å². The summed E-state index contributed by atoms with van der Waals surface area (Å²) in [6.45, 7) is 2.07. The average molecular weight is 311 g/mol. The molecule has 2 aromatic heterocycles. The Labute approximate surface area is 133 Å². The Hall–Kier alpha value is -2.95. The maximum atomic E-state index is 11.9. The molecule has 0 atom stereocenters. The molecule has 118 valence electrons. The molecule has 1 saturated heterocycles. The van der Waals surface area contributed by atoms with Gasteiger partial charge in [0.15, 0.2) is 0 Å². The van der Waals surface area contributed by atoms with Crippen molar-refractivity contribution in [1.29, 1.82) is 5.26 Å². The number of hydrogen-bond acceptors (Lipinski definition) is 6. The normalized spacial score (nSPS) is 14.3. The van der Waals surface area contributed by atoms with Gasteiger partial charge in [0.2, 0.25) is 5.91 Å². The Bertz CT molecular complexity index is 710. The first-order valence-electron chi connectivity index (χ1n) is 7.55. The second-order valence-electron chi connectivity index (χ2n) is 5.38. The van der Waals surface area contributed by atoms with Gasteiger partial charge in [0, 0.05) is 13.1 Å². The van der Waals surface area contributed by atoms with Gasteiger partial charge in [-0.05, 0) is 31.4 Å². The molecule has 2 aromatic rings. The number of carbonyl (C=O) groups is 1. The fourth-order valence-corrected chi connectivity index (χ4v) is 2.54. The summed E-state index contributed by atoms with van der Waals surface area (Å²) in [5, 5.41) is 15.3. The van der Waals surface area contributed by atoms with Gasteiger partial charge in [0.25, 0.3) is 5.82 Å². The zero-order chi connectivity index (χ0) is 16.1. The molecule has 3 rings (SSSR count).